The van der Waals surface area contributed by atoms with Crippen molar-refractivity contribution in [3.63, 3.8) is 0 Å². The molecule has 1 aromatic carbocycles. The van der Waals surface area contributed by atoms with Crippen molar-refractivity contribution < 1.29 is 4.79 Å². The van der Waals surface area contributed by atoms with Crippen molar-refractivity contribution in [1.82, 2.24) is 9.97 Å². The highest BCUT2D eigenvalue weighted by Gasteiger charge is 2.13. The first kappa shape index (κ1) is 13.8. The molecule has 0 atom stereocenters. The molecule has 4 nitrogen and oxygen atoms in total. The molecule has 0 saturated carbocycles. The topological polar surface area (TPSA) is 54.9 Å². The highest BCUT2D eigenvalue weighted by molar-refractivity contribution is 6.35. The molecular weight excluding hydrogens is 309 g/mol. The summed E-state index contributed by atoms with van der Waals surface area (Å²) in [6, 6.07) is 10.6. The molecule has 1 N–H and O–H groups in total. The van der Waals surface area contributed by atoms with Gasteiger partial charge in [-0.3, -0.25) is 4.79 Å². The molecule has 0 saturated heterocycles. The zero-order chi connectivity index (χ0) is 14.8. The van der Waals surface area contributed by atoms with E-state index >= 15 is 0 Å². The number of carbonyl (C=O) groups excluding carboxylic acids is 1. The van der Waals surface area contributed by atoms with E-state index in [1.165, 1.54) is 12.4 Å². The first-order valence-corrected chi connectivity index (χ1v) is 6.87. The fraction of sp³-hybridized carbons (Fsp3) is 0. The van der Waals surface area contributed by atoms with E-state index in [0.717, 1.165) is 10.8 Å². The third kappa shape index (κ3) is 2.82. The van der Waals surface area contributed by atoms with Crippen molar-refractivity contribution in [2.75, 3.05) is 5.32 Å². The van der Waals surface area contributed by atoms with Gasteiger partial charge in [-0.25, -0.2) is 9.97 Å². The van der Waals surface area contributed by atoms with Crippen LogP contribution >= 0.6 is 23.2 Å². The van der Waals surface area contributed by atoms with Crippen molar-refractivity contribution in [2.24, 2.45) is 0 Å². The van der Waals surface area contributed by atoms with Crippen LogP contribution in [0.25, 0.3) is 10.8 Å². The number of hydrogen-bond donors (Lipinski definition) is 1. The van der Waals surface area contributed by atoms with Gasteiger partial charge in [-0.15, -0.1) is 0 Å². The molecule has 0 fully saturated rings. The first-order valence-electron chi connectivity index (χ1n) is 6.11. The van der Waals surface area contributed by atoms with Gasteiger partial charge in [-0.2, -0.15) is 0 Å². The molecule has 3 rings (SSSR count). The average molecular weight is 318 g/mol. The van der Waals surface area contributed by atoms with Crippen molar-refractivity contribution >= 4 is 45.7 Å². The minimum atomic E-state index is -0.301. The molecule has 0 spiro atoms. The van der Waals surface area contributed by atoms with Crippen LogP contribution in [0, 0.1) is 0 Å². The summed E-state index contributed by atoms with van der Waals surface area (Å²) in [7, 11) is 0. The van der Waals surface area contributed by atoms with Crippen LogP contribution in [0.15, 0.2) is 48.8 Å². The molecule has 2 aromatic heterocycles. The Bertz CT molecular complexity index is 819. The van der Waals surface area contributed by atoms with Crippen LogP contribution in [0.2, 0.25) is 10.2 Å². The smallest absolute Gasteiger partial charge is 0.259 e. The van der Waals surface area contributed by atoms with Gasteiger partial charge < -0.3 is 5.32 Å². The summed E-state index contributed by atoms with van der Waals surface area (Å²) in [4.78, 5) is 20.4. The van der Waals surface area contributed by atoms with E-state index in [4.69, 9.17) is 23.2 Å². The van der Waals surface area contributed by atoms with Crippen LogP contribution in [-0.4, -0.2) is 15.9 Å². The maximum absolute atomic E-state index is 12.4. The first-order chi connectivity index (χ1) is 10.1. The zero-order valence-corrected chi connectivity index (χ0v) is 12.2. The van der Waals surface area contributed by atoms with Crippen LogP contribution in [0.4, 0.5) is 5.82 Å². The Kier molecular flexibility index (Phi) is 3.73. The Morgan fingerprint density at radius 2 is 1.71 bits per heavy atom. The van der Waals surface area contributed by atoms with Gasteiger partial charge in [0.05, 0.1) is 10.6 Å². The number of carbonyl (C=O) groups is 1. The second-order valence-corrected chi connectivity index (χ2v) is 5.12. The molecule has 0 bridgehead atoms. The number of amides is 1. The number of halogens is 2. The van der Waals surface area contributed by atoms with Crippen LogP contribution in [-0.2, 0) is 0 Å². The second kappa shape index (κ2) is 5.68. The van der Waals surface area contributed by atoms with Crippen LogP contribution in [0.3, 0.4) is 0 Å². The van der Waals surface area contributed by atoms with Crippen molar-refractivity contribution in [1.29, 1.82) is 0 Å². The lowest BCUT2D eigenvalue weighted by Crippen LogP contribution is -2.13. The van der Waals surface area contributed by atoms with Gasteiger partial charge in [0.15, 0.2) is 0 Å². The quantitative estimate of drug-likeness (QED) is 0.721. The molecule has 0 unspecified atom stereocenters. The highest BCUT2D eigenvalue weighted by atomic mass is 35.5. The summed E-state index contributed by atoms with van der Waals surface area (Å²) in [6.07, 6.45) is 2.92. The summed E-state index contributed by atoms with van der Waals surface area (Å²) in [5.41, 5.74) is 0.437. The summed E-state index contributed by atoms with van der Waals surface area (Å²) < 4.78 is 0. The number of rotatable bonds is 2. The van der Waals surface area contributed by atoms with Gasteiger partial charge in [-0.1, -0.05) is 47.5 Å². The SMILES string of the molecule is O=C(Nc1ccc(Cl)cn1)c1cnc(Cl)c2ccccc12. The van der Waals surface area contributed by atoms with Gasteiger partial charge in [-0.05, 0) is 17.5 Å². The predicted octanol–water partition coefficient (Wildman–Crippen LogP) is 4.19. The molecule has 21 heavy (non-hydrogen) atoms. The molecule has 6 heteroatoms. The molecule has 0 aliphatic carbocycles. The summed E-state index contributed by atoms with van der Waals surface area (Å²) in [5, 5.41) is 5.05. The number of fused-ring (bicyclic) bond motifs is 1. The fourth-order valence-electron chi connectivity index (χ4n) is 1.97. The normalized spacial score (nSPS) is 10.6. The number of hydrogen-bond acceptors (Lipinski definition) is 3. The Hall–Kier alpha value is -2.17. The summed E-state index contributed by atoms with van der Waals surface area (Å²) >= 11 is 11.8. The second-order valence-electron chi connectivity index (χ2n) is 4.32. The minimum absolute atomic E-state index is 0.301. The summed E-state index contributed by atoms with van der Waals surface area (Å²) in [5.74, 6) is 0.119. The molecule has 0 aliphatic rings. The Morgan fingerprint density at radius 3 is 2.43 bits per heavy atom. The molecule has 0 radical (unpaired) electrons. The zero-order valence-electron chi connectivity index (χ0n) is 10.7. The maximum atomic E-state index is 12.4. The maximum Gasteiger partial charge on any atom is 0.259 e. The molecular formula is C15H9Cl2N3O. The van der Waals surface area contributed by atoms with E-state index in [-0.39, 0.29) is 5.91 Å². The van der Waals surface area contributed by atoms with Crippen molar-refractivity contribution in [3.05, 3.63) is 64.5 Å². The van der Waals surface area contributed by atoms with E-state index in [1.807, 2.05) is 24.3 Å². The van der Waals surface area contributed by atoms with Crippen molar-refractivity contribution in [3.8, 4) is 0 Å². The van der Waals surface area contributed by atoms with Gasteiger partial charge in [0, 0.05) is 17.8 Å². The monoisotopic (exact) mass is 317 g/mol. The van der Waals surface area contributed by atoms with E-state index in [2.05, 4.69) is 15.3 Å². The lowest BCUT2D eigenvalue weighted by atomic mass is 10.1. The van der Waals surface area contributed by atoms with Crippen molar-refractivity contribution in [2.45, 2.75) is 0 Å². The molecule has 3 aromatic rings. The largest absolute Gasteiger partial charge is 0.306 e. The number of benzene rings is 1. The van der Waals surface area contributed by atoms with Gasteiger partial charge >= 0.3 is 0 Å². The van der Waals surface area contributed by atoms with Crippen LogP contribution < -0.4 is 5.32 Å². The number of pyridine rings is 2. The van der Waals surface area contributed by atoms with Gasteiger partial charge in [0.1, 0.15) is 11.0 Å². The Balaban J connectivity index is 1.98. The minimum Gasteiger partial charge on any atom is -0.306 e. The predicted molar refractivity (Wildman–Crippen MR) is 84.0 cm³/mol. The Morgan fingerprint density at radius 1 is 0.952 bits per heavy atom. The number of aromatic nitrogens is 2. The lowest BCUT2D eigenvalue weighted by Gasteiger charge is -2.08. The number of nitrogens with one attached hydrogen (secondary N) is 1. The molecule has 104 valence electrons. The molecule has 1 amide bonds. The summed E-state index contributed by atoms with van der Waals surface area (Å²) in [6.45, 7) is 0. The molecule has 2 heterocycles. The highest BCUT2D eigenvalue weighted by Crippen LogP contribution is 2.24. The van der Waals surface area contributed by atoms with Gasteiger partial charge in [0.2, 0.25) is 0 Å². The van der Waals surface area contributed by atoms with Crippen LogP contribution in [0.1, 0.15) is 10.4 Å². The fourth-order valence-corrected chi connectivity index (χ4v) is 2.30. The van der Waals surface area contributed by atoms with E-state index in [1.54, 1.807) is 12.1 Å². The standard InChI is InChI=1S/C15H9Cl2N3O/c16-9-5-6-13(18-7-9)20-15(21)12-8-19-14(17)11-4-2-1-3-10(11)12/h1-8H,(H,18,20,21). The number of anilines is 1. The van der Waals surface area contributed by atoms with Gasteiger partial charge in [0.25, 0.3) is 5.91 Å². The third-order valence-corrected chi connectivity index (χ3v) is 3.48. The lowest BCUT2D eigenvalue weighted by molar-refractivity contribution is 0.102. The average Bonchev–Trinajstić information content (AvgIpc) is 2.50. The van der Waals surface area contributed by atoms with E-state index in [9.17, 15) is 4.79 Å². The number of nitrogens with zero attached hydrogens (tertiary/aromatic N) is 2. The van der Waals surface area contributed by atoms with Crippen LogP contribution in [0.5, 0.6) is 0 Å². The molecule has 0 aliphatic heterocycles. The van der Waals surface area contributed by atoms with E-state index in [0.29, 0.717) is 21.6 Å². The third-order valence-electron chi connectivity index (χ3n) is 2.96. The Labute approximate surface area is 130 Å². The van der Waals surface area contributed by atoms with E-state index < -0.39 is 0 Å².